The van der Waals surface area contributed by atoms with Crippen molar-refractivity contribution in [2.24, 2.45) is 0 Å². The zero-order valence-corrected chi connectivity index (χ0v) is 17.3. The quantitative estimate of drug-likeness (QED) is 0.357. The Hall–Kier alpha value is -1.32. The van der Waals surface area contributed by atoms with Gasteiger partial charge in [-0.15, -0.1) is 0 Å². The molecular weight excluding hydrogens is 427 g/mol. The summed E-state index contributed by atoms with van der Waals surface area (Å²) >= 11 is 9.00. The maximum Gasteiger partial charge on any atom is 0.0419 e. The third kappa shape index (κ3) is 3.12. The topological polar surface area (TPSA) is 0 Å². The monoisotopic (exact) mass is 446 g/mol. The van der Waals surface area contributed by atoms with Gasteiger partial charge in [0.05, 0.1) is 0 Å². The van der Waals surface area contributed by atoms with E-state index in [4.69, 9.17) is 11.6 Å². The van der Waals surface area contributed by atoms with Gasteiger partial charge in [-0.05, 0) is 107 Å². The van der Waals surface area contributed by atoms with Gasteiger partial charge in [-0.1, -0.05) is 48.0 Å². The summed E-state index contributed by atoms with van der Waals surface area (Å²) in [4.78, 5) is 0. The largest absolute Gasteiger partial charge is 0.0843 e. The van der Waals surface area contributed by atoms with Gasteiger partial charge in [0.25, 0.3) is 0 Å². The maximum absolute atomic E-state index is 6.53. The molecule has 0 spiro atoms. The van der Waals surface area contributed by atoms with Gasteiger partial charge in [-0.3, -0.25) is 0 Å². The lowest BCUT2D eigenvalue weighted by atomic mass is 9.90. The van der Waals surface area contributed by atoms with Crippen LogP contribution in [-0.4, -0.2) is 0 Å². The molecule has 0 bridgehead atoms. The summed E-state index contributed by atoms with van der Waals surface area (Å²) in [6.45, 7) is 8.66. The van der Waals surface area contributed by atoms with E-state index in [1.54, 1.807) is 0 Å². The minimum atomic E-state index is 0.783. The molecular formula is C22H20ClI. The summed E-state index contributed by atoms with van der Waals surface area (Å²) in [6.07, 6.45) is 0. The number of benzene rings is 3. The molecule has 0 radical (unpaired) electrons. The van der Waals surface area contributed by atoms with E-state index in [2.05, 4.69) is 98.8 Å². The van der Waals surface area contributed by atoms with Crippen LogP contribution in [0.1, 0.15) is 22.3 Å². The van der Waals surface area contributed by atoms with Crippen LogP contribution in [0.2, 0.25) is 5.02 Å². The van der Waals surface area contributed by atoms with Crippen LogP contribution in [0, 0.1) is 31.3 Å². The van der Waals surface area contributed by atoms with E-state index < -0.39 is 0 Å². The third-order valence-electron chi connectivity index (χ3n) is 4.54. The van der Waals surface area contributed by atoms with E-state index in [0.29, 0.717) is 0 Å². The molecule has 0 aliphatic heterocycles. The van der Waals surface area contributed by atoms with E-state index in [1.165, 1.54) is 48.1 Å². The first-order chi connectivity index (χ1) is 11.4. The number of rotatable bonds is 2. The van der Waals surface area contributed by atoms with Crippen molar-refractivity contribution in [1.82, 2.24) is 0 Å². The van der Waals surface area contributed by atoms with Gasteiger partial charge in [0.1, 0.15) is 0 Å². The first-order valence-electron chi connectivity index (χ1n) is 8.02. The van der Waals surface area contributed by atoms with Crippen LogP contribution in [0.25, 0.3) is 22.3 Å². The van der Waals surface area contributed by atoms with Gasteiger partial charge in [0.15, 0.2) is 0 Å². The smallest absolute Gasteiger partial charge is 0.0419 e. The molecule has 0 nitrogen and oxygen atoms in total. The average molecular weight is 447 g/mol. The average Bonchev–Trinajstić information content (AvgIpc) is 2.51. The van der Waals surface area contributed by atoms with Crippen LogP contribution in [0.3, 0.4) is 0 Å². The predicted molar refractivity (Wildman–Crippen MR) is 114 cm³/mol. The predicted octanol–water partition coefficient (Wildman–Crippen LogP) is 7.51. The molecule has 0 aliphatic rings. The zero-order chi connectivity index (χ0) is 17.4. The van der Waals surface area contributed by atoms with Gasteiger partial charge in [-0.2, -0.15) is 0 Å². The number of hydrogen-bond acceptors (Lipinski definition) is 0. The highest BCUT2D eigenvalue weighted by atomic mass is 127. The molecule has 24 heavy (non-hydrogen) atoms. The number of aryl methyl sites for hydroxylation is 4. The van der Waals surface area contributed by atoms with Gasteiger partial charge in [0.2, 0.25) is 0 Å². The van der Waals surface area contributed by atoms with Crippen LogP contribution < -0.4 is 0 Å². The fourth-order valence-electron chi connectivity index (χ4n) is 3.43. The second kappa shape index (κ2) is 6.89. The normalized spacial score (nSPS) is 10.9. The van der Waals surface area contributed by atoms with Gasteiger partial charge >= 0.3 is 0 Å². The van der Waals surface area contributed by atoms with E-state index in [-0.39, 0.29) is 0 Å². The fourth-order valence-corrected chi connectivity index (χ4v) is 4.50. The fraction of sp³-hybridized carbons (Fsp3) is 0.182. The molecule has 0 atom stereocenters. The minimum Gasteiger partial charge on any atom is -0.0843 e. The van der Waals surface area contributed by atoms with Crippen LogP contribution >= 0.6 is 34.2 Å². The van der Waals surface area contributed by atoms with Crippen LogP contribution in [0.15, 0.2) is 48.5 Å². The van der Waals surface area contributed by atoms with Crippen molar-refractivity contribution in [3.63, 3.8) is 0 Å². The third-order valence-corrected chi connectivity index (χ3v) is 5.92. The summed E-state index contributed by atoms with van der Waals surface area (Å²) in [7, 11) is 0. The molecule has 0 aliphatic carbocycles. The summed E-state index contributed by atoms with van der Waals surface area (Å²) in [6, 6.07) is 17.1. The van der Waals surface area contributed by atoms with Crippen molar-refractivity contribution in [2.45, 2.75) is 27.7 Å². The molecule has 2 heteroatoms. The molecule has 3 aromatic rings. The molecule has 0 amide bonds. The Morgan fingerprint density at radius 1 is 0.667 bits per heavy atom. The molecule has 0 saturated heterocycles. The Labute approximate surface area is 163 Å². The van der Waals surface area contributed by atoms with E-state index in [9.17, 15) is 0 Å². The molecule has 0 fully saturated rings. The van der Waals surface area contributed by atoms with Gasteiger partial charge in [0, 0.05) is 8.59 Å². The molecule has 3 rings (SSSR count). The number of hydrogen-bond donors (Lipinski definition) is 0. The van der Waals surface area contributed by atoms with Crippen LogP contribution in [0.5, 0.6) is 0 Å². The molecule has 0 saturated carbocycles. The summed E-state index contributed by atoms with van der Waals surface area (Å²) in [5, 5.41) is 0.783. The first kappa shape index (κ1) is 17.5. The molecule has 0 heterocycles. The lowest BCUT2D eigenvalue weighted by Crippen LogP contribution is -1.96. The van der Waals surface area contributed by atoms with Crippen molar-refractivity contribution in [3.05, 3.63) is 79.4 Å². The van der Waals surface area contributed by atoms with Crippen molar-refractivity contribution in [1.29, 1.82) is 0 Å². The molecule has 0 N–H and O–H groups in total. The van der Waals surface area contributed by atoms with Crippen LogP contribution in [0.4, 0.5) is 0 Å². The van der Waals surface area contributed by atoms with Crippen LogP contribution in [-0.2, 0) is 0 Å². The summed E-state index contributed by atoms with van der Waals surface area (Å²) in [5.74, 6) is 0. The zero-order valence-electron chi connectivity index (χ0n) is 14.4. The highest BCUT2D eigenvalue weighted by molar-refractivity contribution is 14.1. The second-order valence-electron chi connectivity index (χ2n) is 6.35. The molecule has 3 aromatic carbocycles. The summed E-state index contributed by atoms with van der Waals surface area (Å²) < 4.78 is 1.26. The summed E-state index contributed by atoms with van der Waals surface area (Å²) in [5.41, 5.74) is 10.1. The Bertz CT molecular complexity index is 812. The standard InChI is InChI=1S/C22H20ClI/c1-13-7-5-8-14(2)20(13)18-11-17(23)12-19(22(18)24)21-15(3)9-6-10-16(21)4/h5-12H,1-4H3. The lowest BCUT2D eigenvalue weighted by molar-refractivity contribution is 1.35. The van der Waals surface area contributed by atoms with Crippen molar-refractivity contribution in [3.8, 4) is 22.3 Å². The van der Waals surface area contributed by atoms with Crippen molar-refractivity contribution in [2.75, 3.05) is 0 Å². The Balaban J connectivity index is 2.35. The highest BCUT2D eigenvalue weighted by Crippen LogP contribution is 2.40. The molecule has 0 unspecified atom stereocenters. The molecule has 122 valence electrons. The molecule has 0 aromatic heterocycles. The van der Waals surface area contributed by atoms with Gasteiger partial charge < -0.3 is 0 Å². The Kier molecular flexibility index (Phi) is 5.03. The first-order valence-corrected chi connectivity index (χ1v) is 9.48. The second-order valence-corrected chi connectivity index (χ2v) is 7.86. The van der Waals surface area contributed by atoms with E-state index in [0.717, 1.165) is 5.02 Å². The minimum absolute atomic E-state index is 0.783. The lowest BCUT2D eigenvalue weighted by Gasteiger charge is -2.18. The van der Waals surface area contributed by atoms with Gasteiger partial charge in [-0.25, -0.2) is 0 Å². The van der Waals surface area contributed by atoms with E-state index >= 15 is 0 Å². The van der Waals surface area contributed by atoms with Crippen molar-refractivity contribution < 1.29 is 0 Å². The maximum atomic E-state index is 6.53. The highest BCUT2D eigenvalue weighted by Gasteiger charge is 2.16. The van der Waals surface area contributed by atoms with E-state index in [1.807, 2.05) is 0 Å². The number of halogens is 2. The Morgan fingerprint density at radius 3 is 1.33 bits per heavy atom. The SMILES string of the molecule is Cc1cccc(C)c1-c1cc(Cl)cc(-c2c(C)cccc2C)c1I. The van der Waals surface area contributed by atoms with Crippen molar-refractivity contribution >= 4 is 34.2 Å². The Morgan fingerprint density at radius 2 is 1.00 bits per heavy atom.